The predicted octanol–water partition coefficient (Wildman–Crippen LogP) is 1.22. The van der Waals surface area contributed by atoms with E-state index >= 15 is 0 Å². The maximum absolute atomic E-state index is 11.1. The van der Waals surface area contributed by atoms with Crippen LogP contribution < -0.4 is 5.32 Å². The minimum atomic E-state index is -0.432. The molecule has 4 heteroatoms. The van der Waals surface area contributed by atoms with Crippen LogP contribution in [0.2, 0.25) is 5.02 Å². The monoisotopic (exact) mass is 181 g/mol. The summed E-state index contributed by atoms with van der Waals surface area (Å²) in [5, 5.41) is 2.41. The standard InChI is InChI=1S/C8H4ClNO2/c9-6-4-2-1-3-5(6)8(12)10-7(4)11/h1-3H,(H,10,11,12). The van der Waals surface area contributed by atoms with E-state index in [9.17, 15) is 9.59 Å². The van der Waals surface area contributed by atoms with Crippen molar-refractivity contribution < 1.29 is 9.59 Å². The molecule has 0 saturated heterocycles. The zero-order chi connectivity index (χ0) is 8.72. The largest absolute Gasteiger partial charge is 0.288 e. The first-order valence-electron chi connectivity index (χ1n) is 3.34. The lowest BCUT2D eigenvalue weighted by atomic mass is 10.1. The average molecular weight is 182 g/mol. The van der Waals surface area contributed by atoms with E-state index in [2.05, 4.69) is 5.32 Å². The van der Waals surface area contributed by atoms with E-state index in [1.165, 1.54) is 0 Å². The summed E-state index contributed by atoms with van der Waals surface area (Å²) in [5.74, 6) is -0.865. The summed E-state index contributed by atoms with van der Waals surface area (Å²) >= 11 is 5.75. The number of carbonyl (C=O) groups excluding carboxylic acids is 2. The van der Waals surface area contributed by atoms with Gasteiger partial charge in [-0.1, -0.05) is 17.7 Å². The van der Waals surface area contributed by atoms with Gasteiger partial charge in [-0.05, 0) is 12.1 Å². The molecule has 0 aliphatic carbocycles. The van der Waals surface area contributed by atoms with E-state index in [0.717, 1.165) is 0 Å². The molecule has 1 aromatic carbocycles. The van der Waals surface area contributed by atoms with Crippen molar-refractivity contribution in [3.63, 3.8) is 0 Å². The van der Waals surface area contributed by atoms with Crippen LogP contribution in [0.5, 0.6) is 0 Å². The first-order chi connectivity index (χ1) is 5.70. The minimum Gasteiger partial charge on any atom is -0.288 e. The van der Waals surface area contributed by atoms with Crippen LogP contribution in [0.1, 0.15) is 20.7 Å². The summed E-state index contributed by atoms with van der Waals surface area (Å²) in [5.41, 5.74) is 0.711. The summed E-state index contributed by atoms with van der Waals surface area (Å²) in [6.45, 7) is 0. The van der Waals surface area contributed by atoms with E-state index < -0.39 is 11.8 Å². The fraction of sp³-hybridized carbons (Fsp3) is 0. The van der Waals surface area contributed by atoms with Crippen LogP contribution in [0, 0.1) is 0 Å². The Morgan fingerprint density at radius 2 is 1.58 bits per heavy atom. The van der Waals surface area contributed by atoms with Crippen LogP contribution in [0.3, 0.4) is 0 Å². The number of nitrogens with one attached hydrogen (secondary N) is 1. The quantitative estimate of drug-likeness (QED) is 0.612. The fourth-order valence-electron chi connectivity index (χ4n) is 1.12. The Balaban J connectivity index is 2.77. The SMILES string of the molecule is O=C1NC(=O)c2cccc1c2Cl. The zero-order valence-electron chi connectivity index (χ0n) is 5.93. The molecule has 0 radical (unpaired) electrons. The molecule has 1 aliphatic heterocycles. The molecule has 60 valence electrons. The van der Waals surface area contributed by atoms with E-state index in [-0.39, 0.29) is 5.02 Å². The van der Waals surface area contributed by atoms with E-state index in [4.69, 9.17) is 11.6 Å². The lowest BCUT2D eigenvalue weighted by Gasteiger charge is -2.13. The highest BCUT2D eigenvalue weighted by atomic mass is 35.5. The van der Waals surface area contributed by atoms with Gasteiger partial charge in [0, 0.05) is 0 Å². The highest BCUT2D eigenvalue weighted by Gasteiger charge is 2.24. The molecule has 0 saturated carbocycles. The van der Waals surface area contributed by atoms with Crippen LogP contribution >= 0.6 is 11.6 Å². The summed E-state index contributed by atoms with van der Waals surface area (Å²) in [6, 6.07) is 4.79. The number of fused-ring (bicyclic) bond motifs is 2. The molecule has 2 amide bonds. The highest BCUT2D eigenvalue weighted by Crippen LogP contribution is 2.24. The van der Waals surface area contributed by atoms with Crippen molar-refractivity contribution in [3.05, 3.63) is 34.3 Å². The van der Waals surface area contributed by atoms with E-state index in [0.29, 0.717) is 11.1 Å². The first kappa shape index (κ1) is 7.31. The smallest absolute Gasteiger partial charge is 0.259 e. The number of benzene rings is 1. The summed E-state index contributed by atoms with van der Waals surface area (Å²) in [6.07, 6.45) is 0. The third-order valence-electron chi connectivity index (χ3n) is 1.72. The number of carbonyl (C=O) groups is 2. The van der Waals surface area contributed by atoms with E-state index in [1.807, 2.05) is 0 Å². The Morgan fingerprint density at radius 3 is 2.08 bits per heavy atom. The van der Waals surface area contributed by atoms with Crippen molar-refractivity contribution in [1.29, 1.82) is 0 Å². The maximum atomic E-state index is 11.1. The summed E-state index contributed by atoms with van der Waals surface area (Å²) in [7, 11) is 0. The Morgan fingerprint density at radius 1 is 1.08 bits per heavy atom. The van der Waals surface area contributed by atoms with Gasteiger partial charge in [-0.2, -0.15) is 0 Å². The molecule has 1 heterocycles. The van der Waals surface area contributed by atoms with Gasteiger partial charge in [0.15, 0.2) is 0 Å². The second-order valence-electron chi connectivity index (χ2n) is 2.45. The maximum Gasteiger partial charge on any atom is 0.259 e. The third-order valence-corrected chi connectivity index (χ3v) is 2.12. The normalized spacial score (nSPS) is 14.4. The fourth-order valence-corrected chi connectivity index (χ4v) is 1.42. The molecule has 1 aromatic rings. The van der Waals surface area contributed by atoms with Crippen molar-refractivity contribution in [2.24, 2.45) is 0 Å². The number of hydrogen-bond donors (Lipinski definition) is 1. The van der Waals surface area contributed by atoms with Crippen LogP contribution in [-0.2, 0) is 0 Å². The van der Waals surface area contributed by atoms with Gasteiger partial charge in [-0.25, -0.2) is 0 Å². The van der Waals surface area contributed by atoms with Gasteiger partial charge < -0.3 is 0 Å². The lowest BCUT2D eigenvalue weighted by Crippen LogP contribution is -2.35. The van der Waals surface area contributed by atoms with Gasteiger partial charge >= 0.3 is 0 Å². The molecule has 0 fully saturated rings. The van der Waals surface area contributed by atoms with Crippen LogP contribution in [0.15, 0.2) is 18.2 Å². The average Bonchev–Trinajstić information content (AvgIpc) is 2.01. The molecule has 1 N–H and O–H groups in total. The van der Waals surface area contributed by atoms with Crippen molar-refractivity contribution in [2.75, 3.05) is 0 Å². The highest BCUT2D eigenvalue weighted by molar-refractivity contribution is 6.39. The van der Waals surface area contributed by atoms with Crippen molar-refractivity contribution >= 4 is 23.4 Å². The first-order valence-corrected chi connectivity index (χ1v) is 3.72. The number of halogens is 1. The molecular weight excluding hydrogens is 178 g/mol. The topological polar surface area (TPSA) is 46.2 Å². The molecule has 0 spiro atoms. The number of hydrogen-bond acceptors (Lipinski definition) is 2. The molecule has 0 unspecified atom stereocenters. The number of imide groups is 1. The van der Waals surface area contributed by atoms with Crippen LogP contribution in [0.25, 0.3) is 0 Å². The van der Waals surface area contributed by atoms with Crippen LogP contribution in [0.4, 0.5) is 0 Å². The minimum absolute atomic E-state index is 0.242. The molecule has 0 atom stereocenters. The van der Waals surface area contributed by atoms with Crippen LogP contribution in [-0.4, -0.2) is 11.8 Å². The van der Waals surface area contributed by atoms with Gasteiger partial charge in [-0.3, -0.25) is 14.9 Å². The molecule has 3 nitrogen and oxygen atoms in total. The molecule has 2 bridgehead atoms. The van der Waals surface area contributed by atoms with E-state index in [1.54, 1.807) is 18.2 Å². The molecule has 2 rings (SSSR count). The summed E-state index contributed by atoms with van der Waals surface area (Å²) < 4.78 is 0. The summed E-state index contributed by atoms with van der Waals surface area (Å²) in [4.78, 5) is 22.1. The van der Waals surface area contributed by atoms with Gasteiger partial charge in [-0.15, -0.1) is 0 Å². The van der Waals surface area contributed by atoms with Gasteiger partial charge in [0.1, 0.15) is 0 Å². The lowest BCUT2D eigenvalue weighted by molar-refractivity contribution is 0.0841. The van der Waals surface area contributed by atoms with Gasteiger partial charge in [0.05, 0.1) is 16.1 Å². The molecule has 12 heavy (non-hydrogen) atoms. The molecule has 0 aromatic heterocycles. The van der Waals surface area contributed by atoms with Crippen molar-refractivity contribution in [2.45, 2.75) is 0 Å². The third kappa shape index (κ3) is 0.833. The number of rotatable bonds is 0. The Hall–Kier alpha value is -1.35. The predicted molar refractivity (Wildman–Crippen MR) is 43.2 cm³/mol. The Labute approximate surface area is 73.3 Å². The van der Waals surface area contributed by atoms with Gasteiger partial charge in [0.2, 0.25) is 0 Å². The Kier molecular flexibility index (Phi) is 1.41. The second kappa shape index (κ2) is 2.32. The van der Waals surface area contributed by atoms with Crippen molar-refractivity contribution in [1.82, 2.24) is 5.32 Å². The van der Waals surface area contributed by atoms with Gasteiger partial charge in [0.25, 0.3) is 11.8 Å². The molecular formula is C8H4ClNO2. The molecule has 1 aliphatic rings. The number of amides is 2. The van der Waals surface area contributed by atoms with Crippen molar-refractivity contribution in [3.8, 4) is 0 Å². The Bertz CT molecular complexity index is 354. The zero-order valence-corrected chi connectivity index (χ0v) is 6.68. The second-order valence-corrected chi connectivity index (χ2v) is 2.83.